The molecule has 1 heterocycles. The van der Waals surface area contributed by atoms with E-state index in [9.17, 15) is 4.79 Å². The standard InChI is InChI=1S/C14H18N4O/c1-10-3-4-12(5-11(10)2)6-14(19)9-18-8-13(7-15)16-17-18/h3-5,8H,6-7,9,15H2,1-2H3. The lowest BCUT2D eigenvalue weighted by molar-refractivity contribution is -0.119. The average molecular weight is 258 g/mol. The summed E-state index contributed by atoms with van der Waals surface area (Å²) in [5.74, 6) is 0.108. The maximum Gasteiger partial charge on any atom is 0.158 e. The van der Waals surface area contributed by atoms with Crippen LogP contribution in [0.2, 0.25) is 0 Å². The zero-order valence-electron chi connectivity index (χ0n) is 11.3. The normalized spacial score (nSPS) is 10.7. The molecular weight excluding hydrogens is 240 g/mol. The lowest BCUT2D eigenvalue weighted by atomic mass is 10.0. The third-order valence-corrected chi connectivity index (χ3v) is 3.11. The molecule has 5 heteroatoms. The minimum absolute atomic E-state index is 0.108. The molecule has 0 radical (unpaired) electrons. The van der Waals surface area contributed by atoms with Crippen molar-refractivity contribution < 1.29 is 4.79 Å². The molecule has 0 aliphatic rings. The molecule has 100 valence electrons. The van der Waals surface area contributed by atoms with E-state index in [0.717, 1.165) is 5.56 Å². The van der Waals surface area contributed by atoms with Crippen molar-refractivity contribution in [2.24, 2.45) is 5.73 Å². The van der Waals surface area contributed by atoms with Gasteiger partial charge >= 0.3 is 0 Å². The number of rotatable bonds is 5. The van der Waals surface area contributed by atoms with E-state index in [1.54, 1.807) is 6.20 Å². The summed E-state index contributed by atoms with van der Waals surface area (Å²) in [6.07, 6.45) is 2.12. The first-order valence-corrected chi connectivity index (χ1v) is 6.25. The van der Waals surface area contributed by atoms with Crippen LogP contribution in [0, 0.1) is 13.8 Å². The van der Waals surface area contributed by atoms with Crippen molar-refractivity contribution in [1.82, 2.24) is 15.0 Å². The second kappa shape index (κ2) is 5.75. The van der Waals surface area contributed by atoms with Gasteiger partial charge in [-0.05, 0) is 30.5 Å². The van der Waals surface area contributed by atoms with Crippen LogP contribution in [0.1, 0.15) is 22.4 Å². The van der Waals surface area contributed by atoms with Gasteiger partial charge in [-0.1, -0.05) is 23.4 Å². The molecule has 0 atom stereocenters. The Morgan fingerprint density at radius 2 is 2.11 bits per heavy atom. The van der Waals surface area contributed by atoms with Crippen LogP contribution in [0.25, 0.3) is 0 Å². The average Bonchev–Trinajstić information content (AvgIpc) is 2.81. The fourth-order valence-corrected chi connectivity index (χ4v) is 1.89. The van der Waals surface area contributed by atoms with Gasteiger partial charge in [-0.25, -0.2) is 4.68 Å². The zero-order valence-corrected chi connectivity index (χ0v) is 11.3. The highest BCUT2D eigenvalue weighted by Crippen LogP contribution is 2.10. The van der Waals surface area contributed by atoms with Crippen LogP contribution in [-0.4, -0.2) is 20.8 Å². The number of hydrogen-bond acceptors (Lipinski definition) is 4. The van der Waals surface area contributed by atoms with E-state index in [-0.39, 0.29) is 12.3 Å². The molecule has 0 saturated carbocycles. The SMILES string of the molecule is Cc1ccc(CC(=O)Cn2cc(CN)nn2)cc1C. The minimum atomic E-state index is 0.108. The van der Waals surface area contributed by atoms with Gasteiger partial charge in [-0.15, -0.1) is 5.10 Å². The topological polar surface area (TPSA) is 73.8 Å². The Morgan fingerprint density at radius 3 is 2.74 bits per heavy atom. The van der Waals surface area contributed by atoms with Crippen molar-refractivity contribution in [2.45, 2.75) is 33.4 Å². The molecule has 19 heavy (non-hydrogen) atoms. The molecule has 0 aliphatic carbocycles. The summed E-state index contributed by atoms with van der Waals surface area (Å²) in [6, 6.07) is 6.09. The van der Waals surface area contributed by atoms with Crippen LogP contribution < -0.4 is 5.73 Å². The molecule has 0 fully saturated rings. The number of aromatic nitrogens is 3. The van der Waals surface area contributed by atoms with Gasteiger partial charge in [0.25, 0.3) is 0 Å². The maximum absolute atomic E-state index is 12.0. The minimum Gasteiger partial charge on any atom is -0.325 e. The number of benzene rings is 1. The predicted octanol–water partition coefficient (Wildman–Crippen LogP) is 1.17. The molecule has 0 unspecified atom stereocenters. The first-order valence-electron chi connectivity index (χ1n) is 6.25. The van der Waals surface area contributed by atoms with E-state index in [1.165, 1.54) is 15.8 Å². The highest BCUT2D eigenvalue weighted by atomic mass is 16.1. The molecule has 0 amide bonds. The Morgan fingerprint density at radius 1 is 1.32 bits per heavy atom. The first kappa shape index (κ1) is 13.4. The van der Waals surface area contributed by atoms with E-state index in [2.05, 4.69) is 23.3 Å². The number of nitrogens with zero attached hydrogens (tertiary/aromatic N) is 3. The second-order valence-corrected chi connectivity index (χ2v) is 4.75. The Bertz CT molecular complexity index is 589. The van der Waals surface area contributed by atoms with E-state index in [4.69, 9.17) is 5.73 Å². The summed E-state index contributed by atoms with van der Waals surface area (Å²) in [5.41, 5.74) is 9.62. The van der Waals surface area contributed by atoms with Crippen molar-refractivity contribution in [2.75, 3.05) is 0 Å². The lowest BCUT2D eigenvalue weighted by Crippen LogP contribution is -2.13. The molecule has 0 bridgehead atoms. The number of ketones is 1. The van der Waals surface area contributed by atoms with Gasteiger partial charge in [0.05, 0.1) is 11.9 Å². The number of carbonyl (C=O) groups excluding carboxylic acids is 1. The molecule has 1 aromatic carbocycles. The number of nitrogens with two attached hydrogens (primary N) is 1. The lowest BCUT2D eigenvalue weighted by Gasteiger charge is -2.05. The maximum atomic E-state index is 12.0. The third kappa shape index (κ3) is 3.48. The monoisotopic (exact) mass is 258 g/mol. The fraction of sp³-hybridized carbons (Fsp3) is 0.357. The van der Waals surface area contributed by atoms with Gasteiger partial charge < -0.3 is 5.73 Å². The van der Waals surface area contributed by atoms with Crippen LogP contribution in [0.4, 0.5) is 0 Å². The van der Waals surface area contributed by atoms with Gasteiger partial charge in [0.15, 0.2) is 5.78 Å². The fourth-order valence-electron chi connectivity index (χ4n) is 1.89. The van der Waals surface area contributed by atoms with E-state index < -0.39 is 0 Å². The Kier molecular flexibility index (Phi) is 4.06. The van der Waals surface area contributed by atoms with Crippen LogP contribution in [0.15, 0.2) is 24.4 Å². The highest BCUT2D eigenvalue weighted by Gasteiger charge is 2.07. The van der Waals surface area contributed by atoms with Crippen LogP contribution in [-0.2, 0) is 24.3 Å². The number of hydrogen-bond donors (Lipinski definition) is 1. The zero-order chi connectivity index (χ0) is 13.8. The summed E-state index contributed by atoms with van der Waals surface area (Å²) in [7, 11) is 0. The van der Waals surface area contributed by atoms with Crippen molar-refractivity contribution in [3.8, 4) is 0 Å². The molecule has 2 N–H and O–H groups in total. The summed E-state index contributed by atoms with van der Waals surface area (Å²) in [6.45, 7) is 4.68. The quantitative estimate of drug-likeness (QED) is 0.873. The molecule has 2 rings (SSSR count). The summed E-state index contributed by atoms with van der Waals surface area (Å²) >= 11 is 0. The number of Topliss-reactive ketones (excluding diaryl/α,β-unsaturated/α-hetero) is 1. The molecule has 5 nitrogen and oxygen atoms in total. The molecule has 1 aromatic heterocycles. The summed E-state index contributed by atoms with van der Waals surface area (Å²) < 4.78 is 1.53. The van der Waals surface area contributed by atoms with E-state index in [0.29, 0.717) is 18.7 Å². The van der Waals surface area contributed by atoms with Crippen molar-refractivity contribution in [3.05, 3.63) is 46.8 Å². The smallest absolute Gasteiger partial charge is 0.158 e. The van der Waals surface area contributed by atoms with Crippen molar-refractivity contribution in [1.29, 1.82) is 0 Å². The Hall–Kier alpha value is -2.01. The number of carbonyl (C=O) groups is 1. The molecule has 2 aromatic rings. The molecule has 0 aliphatic heterocycles. The highest BCUT2D eigenvalue weighted by molar-refractivity contribution is 5.80. The Labute approximate surface area is 112 Å². The van der Waals surface area contributed by atoms with Crippen LogP contribution in [0.3, 0.4) is 0 Å². The van der Waals surface area contributed by atoms with Gasteiger partial charge in [0, 0.05) is 13.0 Å². The van der Waals surface area contributed by atoms with Crippen LogP contribution >= 0.6 is 0 Å². The van der Waals surface area contributed by atoms with E-state index >= 15 is 0 Å². The summed E-state index contributed by atoms with van der Waals surface area (Å²) in [5, 5.41) is 7.72. The van der Waals surface area contributed by atoms with Crippen molar-refractivity contribution >= 4 is 5.78 Å². The molecule has 0 saturated heterocycles. The van der Waals surface area contributed by atoms with Crippen LogP contribution in [0.5, 0.6) is 0 Å². The Balaban J connectivity index is 1.98. The predicted molar refractivity (Wildman–Crippen MR) is 72.5 cm³/mol. The van der Waals surface area contributed by atoms with E-state index in [1.807, 2.05) is 19.1 Å². The largest absolute Gasteiger partial charge is 0.325 e. The number of aryl methyl sites for hydroxylation is 2. The van der Waals surface area contributed by atoms with Gasteiger partial charge in [0.1, 0.15) is 6.54 Å². The first-order chi connectivity index (χ1) is 9.08. The third-order valence-electron chi connectivity index (χ3n) is 3.11. The van der Waals surface area contributed by atoms with Gasteiger partial charge in [-0.3, -0.25) is 4.79 Å². The summed E-state index contributed by atoms with van der Waals surface area (Å²) in [4.78, 5) is 12.0. The van der Waals surface area contributed by atoms with Gasteiger partial charge in [-0.2, -0.15) is 0 Å². The molecular formula is C14H18N4O. The second-order valence-electron chi connectivity index (χ2n) is 4.75. The van der Waals surface area contributed by atoms with Crippen molar-refractivity contribution in [3.63, 3.8) is 0 Å². The molecule has 0 spiro atoms. The van der Waals surface area contributed by atoms with Gasteiger partial charge in [0.2, 0.25) is 0 Å².